The summed E-state index contributed by atoms with van der Waals surface area (Å²) in [5, 5.41) is 0. The smallest absolute Gasteiger partial charge is 0.106 e. The maximum Gasteiger partial charge on any atom is 0.106 e. The van der Waals surface area contributed by atoms with Gasteiger partial charge in [0, 0.05) is 0 Å². The van der Waals surface area contributed by atoms with Crippen LogP contribution in [0.3, 0.4) is 0 Å². The molecule has 0 unspecified atom stereocenters. The van der Waals surface area contributed by atoms with Crippen molar-refractivity contribution in [1.82, 2.24) is 0 Å². The molecule has 0 aliphatic rings. The number of carbonyl (C=O) groups excluding carboxylic acids is 1. The molecular formula is C19H26O. The van der Waals surface area contributed by atoms with Crippen molar-refractivity contribution in [3.63, 3.8) is 0 Å². The standard InChI is InChI=1S/2C9H12.CH2O/c2*1-8(2)9-6-4-3-5-7-9;1-2/h2*3-8H,1-2H3;1H2. The van der Waals surface area contributed by atoms with Crippen molar-refractivity contribution >= 4 is 6.79 Å². The zero-order chi connectivity index (χ0) is 15.4. The van der Waals surface area contributed by atoms with Crippen LogP contribution in [0, 0.1) is 0 Å². The van der Waals surface area contributed by atoms with Gasteiger partial charge in [-0.3, -0.25) is 0 Å². The fourth-order valence-electron chi connectivity index (χ4n) is 1.68. The first-order valence-electron chi connectivity index (χ1n) is 7.00. The first kappa shape index (κ1) is 18.1. The minimum atomic E-state index is 0.659. The molecule has 0 fully saturated rings. The predicted molar refractivity (Wildman–Crippen MR) is 88.2 cm³/mol. The van der Waals surface area contributed by atoms with E-state index in [1.807, 2.05) is 18.9 Å². The molecule has 0 heterocycles. The Hall–Kier alpha value is -1.89. The lowest BCUT2D eigenvalue weighted by Crippen LogP contribution is -1.83. The first-order valence-corrected chi connectivity index (χ1v) is 7.00. The molecule has 0 radical (unpaired) electrons. The van der Waals surface area contributed by atoms with Crippen LogP contribution in [0.2, 0.25) is 0 Å². The molecule has 1 heteroatoms. The van der Waals surface area contributed by atoms with E-state index in [4.69, 9.17) is 4.79 Å². The van der Waals surface area contributed by atoms with Crippen molar-refractivity contribution in [2.75, 3.05) is 0 Å². The monoisotopic (exact) mass is 270 g/mol. The second-order valence-corrected chi connectivity index (χ2v) is 5.13. The van der Waals surface area contributed by atoms with Crippen molar-refractivity contribution in [3.8, 4) is 0 Å². The van der Waals surface area contributed by atoms with Gasteiger partial charge in [0.15, 0.2) is 0 Å². The third-order valence-electron chi connectivity index (χ3n) is 2.93. The Labute approximate surface area is 123 Å². The number of carbonyl (C=O) groups is 1. The molecule has 0 aliphatic carbocycles. The van der Waals surface area contributed by atoms with E-state index in [0.29, 0.717) is 11.8 Å². The topological polar surface area (TPSA) is 17.1 Å². The summed E-state index contributed by atoms with van der Waals surface area (Å²) in [4.78, 5) is 8.00. The van der Waals surface area contributed by atoms with Gasteiger partial charge in [-0.05, 0) is 23.0 Å². The molecule has 2 aromatic carbocycles. The largest absolute Gasteiger partial charge is 0.307 e. The molecule has 0 aliphatic heterocycles. The molecular weight excluding hydrogens is 244 g/mol. The molecule has 20 heavy (non-hydrogen) atoms. The van der Waals surface area contributed by atoms with E-state index in [2.05, 4.69) is 76.2 Å². The van der Waals surface area contributed by atoms with Crippen LogP contribution in [0.4, 0.5) is 0 Å². The van der Waals surface area contributed by atoms with Crippen molar-refractivity contribution in [2.45, 2.75) is 39.5 Å². The quantitative estimate of drug-likeness (QED) is 0.710. The maximum atomic E-state index is 8.00. The van der Waals surface area contributed by atoms with Crippen LogP contribution in [-0.2, 0) is 4.79 Å². The van der Waals surface area contributed by atoms with E-state index in [1.165, 1.54) is 11.1 Å². The van der Waals surface area contributed by atoms with Gasteiger partial charge in [0.05, 0.1) is 0 Å². The van der Waals surface area contributed by atoms with Gasteiger partial charge in [-0.25, -0.2) is 0 Å². The molecule has 0 N–H and O–H groups in total. The Kier molecular flexibility index (Phi) is 9.94. The third-order valence-corrected chi connectivity index (χ3v) is 2.93. The maximum absolute atomic E-state index is 8.00. The van der Waals surface area contributed by atoms with Crippen molar-refractivity contribution < 1.29 is 4.79 Å². The summed E-state index contributed by atoms with van der Waals surface area (Å²) in [5.74, 6) is 1.32. The zero-order valence-corrected chi connectivity index (χ0v) is 13.0. The Morgan fingerprint density at radius 2 is 0.850 bits per heavy atom. The molecule has 108 valence electrons. The van der Waals surface area contributed by atoms with E-state index in [0.717, 1.165) is 0 Å². The molecule has 2 aromatic rings. The van der Waals surface area contributed by atoms with Crippen LogP contribution < -0.4 is 0 Å². The summed E-state index contributed by atoms with van der Waals surface area (Å²) >= 11 is 0. The van der Waals surface area contributed by atoms with E-state index in [1.54, 1.807) is 0 Å². The normalized spacial score (nSPS) is 9.30. The van der Waals surface area contributed by atoms with Crippen molar-refractivity contribution in [3.05, 3.63) is 71.8 Å². The average molecular weight is 270 g/mol. The highest BCUT2D eigenvalue weighted by Crippen LogP contribution is 2.12. The van der Waals surface area contributed by atoms with Crippen LogP contribution in [0.1, 0.15) is 50.7 Å². The Morgan fingerprint density at radius 3 is 1.00 bits per heavy atom. The zero-order valence-electron chi connectivity index (χ0n) is 13.0. The summed E-state index contributed by atoms with van der Waals surface area (Å²) < 4.78 is 0. The molecule has 0 spiro atoms. The predicted octanol–water partition coefficient (Wildman–Crippen LogP) is 5.44. The number of rotatable bonds is 2. The number of hydrogen-bond acceptors (Lipinski definition) is 1. The lowest BCUT2D eigenvalue weighted by molar-refractivity contribution is -0.0979. The minimum absolute atomic E-state index is 0.659. The highest BCUT2D eigenvalue weighted by atomic mass is 16.1. The molecule has 0 bridgehead atoms. The SMILES string of the molecule is C=O.CC(C)c1ccccc1.CC(C)c1ccccc1. The van der Waals surface area contributed by atoms with Gasteiger partial charge < -0.3 is 4.79 Å². The van der Waals surface area contributed by atoms with Gasteiger partial charge in [0.25, 0.3) is 0 Å². The molecule has 1 nitrogen and oxygen atoms in total. The van der Waals surface area contributed by atoms with Gasteiger partial charge in [-0.2, -0.15) is 0 Å². The fourth-order valence-corrected chi connectivity index (χ4v) is 1.68. The second kappa shape index (κ2) is 11.0. The van der Waals surface area contributed by atoms with Crippen molar-refractivity contribution in [2.24, 2.45) is 0 Å². The van der Waals surface area contributed by atoms with Crippen LogP contribution in [0.15, 0.2) is 60.7 Å². The van der Waals surface area contributed by atoms with E-state index >= 15 is 0 Å². The second-order valence-electron chi connectivity index (χ2n) is 5.13. The Bertz CT molecular complexity index is 388. The Morgan fingerprint density at radius 1 is 0.600 bits per heavy atom. The van der Waals surface area contributed by atoms with E-state index < -0.39 is 0 Å². The first-order chi connectivity index (χ1) is 9.61. The summed E-state index contributed by atoms with van der Waals surface area (Å²) in [7, 11) is 0. The molecule has 2 rings (SSSR count). The van der Waals surface area contributed by atoms with E-state index in [-0.39, 0.29) is 0 Å². The van der Waals surface area contributed by atoms with Crippen LogP contribution in [0.25, 0.3) is 0 Å². The van der Waals surface area contributed by atoms with Gasteiger partial charge in [-0.1, -0.05) is 88.4 Å². The van der Waals surface area contributed by atoms with Crippen LogP contribution in [-0.4, -0.2) is 6.79 Å². The fraction of sp³-hybridized carbons (Fsp3) is 0.316. The minimum Gasteiger partial charge on any atom is -0.307 e. The molecule has 0 saturated heterocycles. The molecule has 0 saturated carbocycles. The highest BCUT2D eigenvalue weighted by Gasteiger charge is 1.94. The van der Waals surface area contributed by atoms with Crippen LogP contribution >= 0.6 is 0 Å². The van der Waals surface area contributed by atoms with Gasteiger partial charge in [-0.15, -0.1) is 0 Å². The summed E-state index contributed by atoms with van der Waals surface area (Å²) in [5.41, 5.74) is 2.83. The van der Waals surface area contributed by atoms with E-state index in [9.17, 15) is 0 Å². The van der Waals surface area contributed by atoms with Crippen molar-refractivity contribution in [1.29, 1.82) is 0 Å². The number of benzene rings is 2. The molecule has 0 aromatic heterocycles. The molecule has 0 amide bonds. The average Bonchev–Trinajstić information content (AvgIpc) is 2.51. The summed E-state index contributed by atoms with van der Waals surface area (Å²) in [6.45, 7) is 10.8. The Balaban J connectivity index is 0.000000321. The number of hydrogen-bond donors (Lipinski definition) is 0. The molecule has 0 atom stereocenters. The summed E-state index contributed by atoms with van der Waals surface area (Å²) in [6, 6.07) is 21.0. The summed E-state index contributed by atoms with van der Waals surface area (Å²) in [6.07, 6.45) is 0. The lowest BCUT2D eigenvalue weighted by Gasteiger charge is -2.01. The lowest BCUT2D eigenvalue weighted by atomic mass is 10.0. The third kappa shape index (κ3) is 7.52. The van der Waals surface area contributed by atoms with Gasteiger partial charge >= 0.3 is 0 Å². The van der Waals surface area contributed by atoms with Gasteiger partial charge in [0.1, 0.15) is 6.79 Å². The van der Waals surface area contributed by atoms with Crippen LogP contribution in [0.5, 0.6) is 0 Å². The highest BCUT2D eigenvalue weighted by molar-refractivity contribution is 5.18. The van der Waals surface area contributed by atoms with Gasteiger partial charge in [0.2, 0.25) is 0 Å².